The van der Waals surface area contributed by atoms with E-state index in [1.807, 2.05) is 24.3 Å². The van der Waals surface area contributed by atoms with Crippen LogP contribution >= 0.6 is 0 Å². The SMILES string of the molecule is COc1ccc2nccc([C@H](O)CC[C@@H]3CCN(CCCc4cccn4C)C[C@@H]3C(=O)O)c2c1. The van der Waals surface area contributed by atoms with Gasteiger partial charge in [-0.05, 0) is 93.1 Å². The highest BCUT2D eigenvalue weighted by Gasteiger charge is 2.34. The first-order chi connectivity index (χ1) is 16.5. The van der Waals surface area contributed by atoms with Crippen LogP contribution in [0.25, 0.3) is 10.9 Å². The van der Waals surface area contributed by atoms with E-state index in [0.29, 0.717) is 19.4 Å². The Morgan fingerprint density at radius 1 is 1.29 bits per heavy atom. The number of piperidine rings is 1. The number of aryl methyl sites for hydroxylation is 2. The van der Waals surface area contributed by atoms with Crippen molar-refractivity contribution in [1.29, 1.82) is 0 Å². The fraction of sp³-hybridized carbons (Fsp3) is 0.481. The number of aliphatic hydroxyl groups excluding tert-OH is 1. The summed E-state index contributed by atoms with van der Waals surface area (Å²) in [6.45, 7) is 2.40. The third kappa shape index (κ3) is 5.59. The number of carboxylic acid groups (broad SMARTS) is 1. The quantitative estimate of drug-likeness (QED) is 0.470. The van der Waals surface area contributed by atoms with Gasteiger partial charge in [0.05, 0.1) is 24.6 Å². The summed E-state index contributed by atoms with van der Waals surface area (Å²) in [5.41, 5.74) is 2.93. The second kappa shape index (κ2) is 11.0. The van der Waals surface area contributed by atoms with Crippen LogP contribution in [0.3, 0.4) is 0 Å². The lowest BCUT2D eigenvalue weighted by Crippen LogP contribution is -2.44. The van der Waals surface area contributed by atoms with Gasteiger partial charge in [0.1, 0.15) is 5.75 Å². The number of aliphatic hydroxyl groups is 1. The Morgan fingerprint density at radius 2 is 2.15 bits per heavy atom. The zero-order chi connectivity index (χ0) is 24.1. The maximum Gasteiger partial charge on any atom is 0.308 e. The molecule has 1 saturated heterocycles. The second-order valence-electron chi connectivity index (χ2n) is 9.38. The minimum absolute atomic E-state index is 0.0684. The fourth-order valence-electron chi connectivity index (χ4n) is 5.23. The molecule has 1 aromatic carbocycles. The predicted molar refractivity (Wildman–Crippen MR) is 132 cm³/mol. The monoisotopic (exact) mass is 465 g/mol. The lowest BCUT2D eigenvalue weighted by Gasteiger charge is -2.37. The number of aromatic nitrogens is 2. The molecule has 7 heteroatoms. The van der Waals surface area contributed by atoms with Gasteiger partial charge in [0.15, 0.2) is 0 Å². The minimum Gasteiger partial charge on any atom is -0.497 e. The van der Waals surface area contributed by atoms with Crippen LogP contribution in [0.4, 0.5) is 0 Å². The summed E-state index contributed by atoms with van der Waals surface area (Å²) in [5.74, 6) is -0.339. The van der Waals surface area contributed by atoms with Crippen LogP contribution in [0.1, 0.15) is 43.0 Å². The Balaban J connectivity index is 1.34. The molecular weight excluding hydrogens is 430 g/mol. The highest BCUT2D eigenvalue weighted by molar-refractivity contribution is 5.83. The summed E-state index contributed by atoms with van der Waals surface area (Å²) in [7, 11) is 3.68. The number of rotatable bonds is 10. The van der Waals surface area contributed by atoms with Gasteiger partial charge in [-0.2, -0.15) is 0 Å². The normalized spacial score (nSPS) is 19.9. The van der Waals surface area contributed by atoms with Crippen LogP contribution in [-0.4, -0.2) is 57.4 Å². The lowest BCUT2D eigenvalue weighted by molar-refractivity contribution is -0.146. The van der Waals surface area contributed by atoms with Gasteiger partial charge in [0.25, 0.3) is 0 Å². The molecule has 0 unspecified atom stereocenters. The van der Waals surface area contributed by atoms with Gasteiger partial charge in [-0.3, -0.25) is 9.78 Å². The molecule has 0 aliphatic carbocycles. The Labute approximate surface area is 201 Å². The molecule has 7 nitrogen and oxygen atoms in total. The van der Waals surface area contributed by atoms with E-state index in [1.165, 1.54) is 5.69 Å². The molecule has 1 aliphatic heterocycles. The van der Waals surface area contributed by atoms with E-state index in [1.54, 1.807) is 13.3 Å². The summed E-state index contributed by atoms with van der Waals surface area (Å²) in [4.78, 5) is 18.7. The molecule has 3 heterocycles. The number of hydrogen-bond acceptors (Lipinski definition) is 5. The van der Waals surface area contributed by atoms with Crippen molar-refractivity contribution in [3.8, 4) is 5.75 Å². The molecule has 3 aromatic rings. The van der Waals surface area contributed by atoms with Gasteiger partial charge in [-0.15, -0.1) is 0 Å². The lowest BCUT2D eigenvalue weighted by atomic mass is 9.81. The number of aliphatic carboxylic acids is 1. The van der Waals surface area contributed by atoms with Gasteiger partial charge in [-0.25, -0.2) is 0 Å². The molecule has 4 rings (SSSR count). The van der Waals surface area contributed by atoms with E-state index in [0.717, 1.165) is 54.6 Å². The zero-order valence-corrected chi connectivity index (χ0v) is 20.1. The van der Waals surface area contributed by atoms with Gasteiger partial charge >= 0.3 is 5.97 Å². The van der Waals surface area contributed by atoms with Crippen molar-refractivity contribution in [2.24, 2.45) is 18.9 Å². The predicted octanol–water partition coefficient (Wildman–Crippen LogP) is 4.05. The van der Waals surface area contributed by atoms with Crippen LogP contribution in [0, 0.1) is 11.8 Å². The first kappa shape index (κ1) is 24.2. The molecule has 2 aromatic heterocycles. The van der Waals surface area contributed by atoms with Crippen molar-refractivity contribution in [3.05, 3.63) is 60.0 Å². The minimum atomic E-state index is -0.731. The molecule has 1 fully saturated rings. The summed E-state index contributed by atoms with van der Waals surface area (Å²) in [5, 5.41) is 21.8. The van der Waals surface area contributed by atoms with E-state index in [4.69, 9.17) is 4.74 Å². The highest BCUT2D eigenvalue weighted by Crippen LogP contribution is 2.33. The van der Waals surface area contributed by atoms with Crippen molar-refractivity contribution in [2.75, 3.05) is 26.7 Å². The van der Waals surface area contributed by atoms with E-state index in [9.17, 15) is 15.0 Å². The van der Waals surface area contributed by atoms with Gasteiger partial charge < -0.3 is 24.4 Å². The molecule has 1 aliphatic rings. The summed E-state index contributed by atoms with van der Waals surface area (Å²) in [6, 6.07) is 11.7. The molecule has 0 spiro atoms. The number of carboxylic acids is 1. The zero-order valence-electron chi connectivity index (χ0n) is 20.1. The molecule has 0 saturated carbocycles. The van der Waals surface area contributed by atoms with Crippen molar-refractivity contribution in [3.63, 3.8) is 0 Å². The molecule has 34 heavy (non-hydrogen) atoms. The van der Waals surface area contributed by atoms with Gasteiger partial charge in [0, 0.05) is 37.1 Å². The molecule has 2 N–H and O–H groups in total. The molecule has 0 amide bonds. The molecule has 0 bridgehead atoms. The van der Waals surface area contributed by atoms with E-state index in [2.05, 4.69) is 39.8 Å². The maximum absolute atomic E-state index is 12.1. The number of nitrogens with zero attached hydrogens (tertiary/aromatic N) is 3. The number of methoxy groups -OCH3 is 1. The van der Waals surface area contributed by atoms with Crippen molar-refractivity contribution in [2.45, 2.75) is 38.2 Å². The van der Waals surface area contributed by atoms with Crippen LogP contribution in [0.5, 0.6) is 5.75 Å². The van der Waals surface area contributed by atoms with E-state index >= 15 is 0 Å². The van der Waals surface area contributed by atoms with Crippen LogP contribution in [0.2, 0.25) is 0 Å². The summed E-state index contributed by atoms with van der Waals surface area (Å²) < 4.78 is 7.48. The first-order valence-corrected chi connectivity index (χ1v) is 12.1. The maximum atomic E-state index is 12.1. The topological polar surface area (TPSA) is 87.8 Å². The molecule has 182 valence electrons. The highest BCUT2D eigenvalue weighted by atomic mass is 16.5. The van der Waals surface area contributed by atoms with Crippen molar-refractivity contribution >= 4 is 16.9 Å². The number of ether oxygens (including phenoxy) is 1. The number of fused-ring (bicyclic) bond motifs is 1. The van der Waals surface area contributed by atoms with Crippen molar-refractivity contribution < 1.29 is 19.7 Å². The first-order valence-electron chi connectivity index (χ1n) is 12.1. The van der Waals surface area contributed by atoms with Gasteiger partial charge in [0.2, 0.25) is 0 Å². The Bertz CT molecular complexity index is 1110. The summed E-state index contributed by atoms with van der Waals surface area (Å²) >= 11 is 0. The van der Waals surface area contributed by atoms with Crippen LogP contribution in [-0.2, 0) is 18.3 Å². The Kier molecular flexibility index (Phi) is 7.85. The molecular formula is C27H35N3O4. The van der Waals surface area contributed by atoms with Gasteiger partial charge in [-0.1, -0.05) is 0 Å². The largest absolute Gasteiger partial charge is 0.497 e. The van der Waals surface area contributed by atoms with Crippen molar-refractivity contribution in [1.82, 2.24) is 14.5 Å². The van der Waals surface area contributed by atoms with E-state index in [-0.39, 0.29) is 5.92 Å². The van der Waals surface area contributed by atoms with Crippen LogP contribution < -0.4 is 4.74 Å². The Hall–Kier alpha value is -2.90. The smallest absolute Gasteiger partial charge is 0.308 e. The third-order valence-corrected chi connectivity index (χ3v) is 7.27. The number of likely N-dealkylation sites (tertiary alicyclic amines) is 1. The molecule has 3 atom stereocenters. The number of pyridine rings is 1. The number of benzene rings is 1. The average molecular weight is 466 g/mol. The summed E-state index contributed by atoms with van der Waals surface area (Å²) in [6.07, 6.45) is 7.17. The number of carbonyl (C=O) groups is 1. The fourth-order valence-corrected chi connectivity index (χ4v) is 5.23. The Morgan fingerprint density at radius 3 is 2.88 bits per heavy atom. The second-order valence-corrected chi connectivity index (χ2v) is 9.38. The molecule has 0 radical (unpaired) electrons. The standard InChI is InChI=1S/C27H35N3O4/c1-29-14-3-5-20(29)6-4-15-30-16-12-19(24(18-30)27(32)33)7-10-26(31)22-11-13-28-25-9-8-21(34-2)17-23(22)25/h3,5,8-9,11,13-14,17,19,24,26,31H,4,6-7,10,12,15-16,18H2,1-2H3,(H,32,33)/t19-,24+,26-/m1/s1. The number of hydrogen-bond donors (Lipinski definition) is 2. The van der Waals surface area contributed by atoms with Crippen LogP contribution in [0.15, 0.2) is 48.8 Å². The van der Waals surface area contributed by atoms with E-state index < -0.39 is 18.0 Å². The third-order valence-electron chi connectivity index (χ3n) is 7.27. The average Bonchev–Trinajstić information content (AvgIpc) is 3.26.